The Morgan fingerprint density at radius 1 is 1.36 bits per heavy atom. The van der Waals surface area contributed by atoms with Crippen LogP contribution in [0, 0.1) is 0 Å². The lowest BCUT2D eigenvalue weighted by atomic mass is 10.0. The summed E-state index contributed by atoms with van der Waals surface area (Å²) < 4.78 is 1.04. The number of halogens is 1. The minimum absolute atomic E-state index is 0.00723. The van der Waals surface area contributed by atoms with Crippen LogP contribution in [0.3, 0.4) is 0 Å². The monoisotopic (exact) mass is 379 g/mol. The number of nitrogens with zero attached hydrogens (tertiary/aromatic N) is 2. The third kappa shape index (κ3) is 3.18. The molecule has 1 unspecified atom stereocenters. The molecule has 6 nitrogen and oxygen atoms in total. The molecule has 2 aromatic heterocycles. The van der Waals surface area contributed by atoms with Crippen LogP contribution in [0.1, 0.15) is 17.2 Å². The van der Waals surface area contributed by atoms with Gasteiger partial charge in [-0.15, -0.1) is 11.3 Å². The summed E-state index contributed by atoms with van der Waals surface area (Å²) in [4.78, 5) is 13.4. The van der Waals surface area contributed by atoms with E-state index < -0.39 is 0 Å². The molecule has 3 rings (SSSR count). The first-order chi connectivity index (χ1) is 10.7. The molecular formula is C14H14BrN5OS. The lowest BCUT2D eigenvalue weighted by Crippen LogP contribution is -2.20. The molecule has 114 valence electrons. The van der Waals surface area contributed by atoms with Crippen LogP contribution in [0.25, 0.3) is 11.0 Å². The van der Waals surface area contributed by atoms with Crippen LogP contribution in [-0.4, -0.2) is 27.9 Å². The number of nitrogens with one attached hydrogen (secondary N) is 2. The second-order valence-corrected chi connectivity index (χ2v) is 7.32. The van der Waals surface area contributed by atoms with Gasteiger partial charge in [-0.3, -0.25) is 4.79 Å². The molecule has 4 N–H and O–H groups in total. The summed E-state index contributed by atoms with van der Waals surface area (Å²) in [6.45, 7) is 0.425. The summed E-state index contributed by atoms with van der Waals surface area (Å²) in [5, 5.41) is 13.5. The first kappa shape index (κ1) is 15.1. The van der Waals surface area contributed by atoms with E-state index in [4.69, 9.17) is 5.73 Å². The van der Waals surface area contributed by atoms with Crippen LogP contribution in [0.2, 0.25) is 0 Å². The van der Waals surface area contributed by atoms with Gasteiger partial charge in [0.25, 0.3) is 0 Å². The number of rotatable bonds is 5. The lowest BCUT2D eigenvalue weighted by molar-refractivity contribution is -0.116. The summed E-state index contributed by atoms with van der Waals surface area (Å²) in [5.41, 5.74) is 7.84. The number of thiophene rings is 1. The predicted molar refractivity (Wildman–Crippen MR) is 90.9 cm³/mol. The zero-order chi connectivity index (χ0) is 15.5. The SMILES string of the molecule is NCC(CC(=O)Nc1cccc2n[nH]nc12)c1ccc(Br)s1. The Kier molecular flexibility index (Phi) is 4.51. The Morgan fingerprint density at radius 2 is 2.23 bits per heavy atom. The standard InChI is InChI=1S/C14H14BrN5OS/c15-12-5-4-11(22-12)8(7-16)6-13(21)17-9-2-1-3-10-14(9)19-20-18-10/h1-5,8H,6-7,16H2,(H,17,21)(H,18,19,20). The number of amides is 1. The molecule has 0 aliphatic rings. The molecule has 1 aromatic carbocycles. The van der Waals surface area contributed by atoms with E-state index in [0.29, 0.717) is 24.2 Å². The van der Waals surface area contributed by atoms with E-state index in [-0.39, 0.29) is 11.8 Å². The van der Waals surface area contributed by atoms with Crippen LogP contribution in [0.5, 0.6) is 0 Å². The fourth-order valence-electron chi connectivity index (χ4n) is 2.24. The second-order valence-electron chi connectivity index (χ2n) is 4.82. The fourth-order valence-corrected chi connectivity index (χ4v) is 3.78. The summed E-state index contributed by atoms with van der Waals surface area (Å²) in [7, 11) is 0. The second kappa shape index (κ2) is 6.55. The van der Waals surface area contributed by atoms with E-state index in [1.807, 2.05) is 30.3 Å². The molecule has 0 saturated heterocycles. The maximum Gasteiger partial charge on any atom is 0.225 e. The number of benzene rings is 1. The smallest absolute Gasteiger partial charge is 0.225 e. The molecule has 0 saturated carbocycles. The number of anilines is 1. The summed E-state index contributed by atoms with van der Waals surface area (Å²) in [6, 6.07) is 9.44. The molecule has 0 radical (unpaired) electrons. The highest BCUT2D eigenvalue weighted by Gasteiger charge is 2.17. The maximum atomic E-state index is 12.3. The predicted octanol–water partition coefficient (Wildman–Crippen LogP) is 2.85. The highest BCUT2D eigenvalue weighted by atomic mass is 79.9. The molecule has 3 aromatic rings. The molecule has 1 amide bonds. The van der Waals surface area contributed by atoms with Gasteiger partial charge in [0.15, 0.2) is 0 Å². The highest BCUT2D eigenvalue weighted by molar-refractivity contribution is 9.11. The number of carbonyl (C=O) groups excluding carboxylic acids is 1. The number of H-pyrrole nitrogens is 1. The average Bonchev–Trinajstić information content (AvgIpc) is 3.14. The summed E-state index contributed by atoms with van der Waals surface area (Å²) >= 11 is 5.03. The number of aromatic amines is 1. The van der Waals surface area contributed by atoms with E-state index in [1.54, 1.807) is 11.3 Å². The fraction of sp³-hybridized carbons (Fsp3) is 0.214. The topological polar surface area (TPSA) is 96.7 Å². The third-order valence-electron chi connectivity index (χ3n) is 3.33. The van der Waals surface area contributed by atoms with Gasteiger partial charge in [-0.1, -0.05) is 6.07 Å². The maximum absolute atomic E-state index is 12.3. The minimum Gasteiger partial charge on any atom is -0.330 e. The third-order valence-corrected chi connectivity index (χ3v) is 5.12. The number of para-hydroxylation sites is 1. The van der Waals surface area contributed by atoms with Crippen LogP contribution in [-0.2, 0) is 4.79 Å². The molecule has 0 aliphatic heterocycles. The summed E-state index contributed by atoms with van der Waals surface area (Å²) in [5.74, 6) is -0.0803. The lowest BCUT2D eigenvalue weighted by Gasteiger charge is -2.13. The van der Waals surface area contributed by atoms with E-state index in [0.717, 1.165) is 14.2 Å². The van der Waals surface area contributed by atoms with Crippen LogP contribution in [0.4, 0.5) is 5.69 Å². The van der Waals surface area contributed by atoms with Gasteiger partial charge in [-0.25, -0.2) is 0 Å². The van der Waals surface area contributed by atoms with Crippen molar-refractivity contribution in [3.05, 3.63) is 39.0 Å². The quantitative estimate of drug-likeness (QED) is 0.634. The van der Waals surface area contributed by atoms with Crippen molar-refractivity contribution in [3.8, 4) is 0 Å². The molecule has 22 heavy (non-hydrogen) atoms. The van der Waals surface area contributed by atoms with Crippen molar-refractivity contribution in [2.45, 2.75) is 12.3 Å². The van der Waals surface area contributed by atoms with Gasteiger partial charge in [0.2, 0.25) is 5.91 Å². The van der Waals surface area contributed by atoms with Crippen molar-refractivity contribution >= 4 is 49.9 Å². The zero-order valence-electron chi connectivity index (χ0n) is 11.5. The van der Waals surface area contributed by atoms with Crippen LogP contribution in [0.15, 0.2) is 34.1 Å². The van der Waals surface area contributed by atoms with E-state index in [1.165, 1.54) is 0 Å². The van der Waals surface area contributed by atoms with Crippen LogP contribution >= 0.6 is 27.3 Å². The zero-order valence-corrected chi connectivity index (χ0v) is 13.9. The Bertz CT molecular complexity index is 799. The Labute approximate surface area is 139 Å². The van der Waals surface area contributed by atoms with Gasteiger partial charge < -0.3 is 11.1 Å². The van der Waals surface area contributed by atoms with Gasteiger partial charge in [0, 0.05) is 23.8 Å². The average molecular weight is 380 g/mol. The van der Waals surface area contributed by atoms with Gasteiger partial charge >= 0.3 is 0 Å². The first-order valence-electron chi connectivity index (χ1n) is 6.72. The van der Waals surface area contributed by atoms with Crippen molar-refractivity contribution in [2.24, 2.45) is 5.73 Å². The molecule has 0 aliphatic carbocycles. The van der Waals surface area contributed by atoms with Gasteiger partial charge in [-0.05, 0) is 40.2 Å². The largest absolute Gasteiger partial charge is 0.330 e. The highest BCUT2D eigenvalue weighted by Crippen LogP contribution is 2.30. The number of aromatic nitrogens is 3. The van der Waals surface area contributed by atoms with Crippen molar-refractivity contribution in [1.82, 2.24) is 15.4 Å². The molecule has 1 atom stereocenters. The molecular weight excluding hydrogens is 366 g/mol. The normalized spacial score (nSPS) is 12.5. The number of hydrogen-bond donors (Lipinski definition) is 3. The number of nitrogens with two attached hydrogens (primary N) is 1. The minimum atomic E-state index is -0.0875. The first-order valence-corrected chi connectivity index (χ1v) is 8.33. The van der Waals surface area contributed by atoms with E-state index >= 15 is 0 Å². The van der Waals surface area contributed by atoms with Gasteiger partial charge in [0.1, 0.15) is 11.0 Å². The summed E-state index contributed by atoms with van der Waals surface area (Å²) in [6.07, 6.45) is 0.331. The Morgan fingerprint density at radius 3 is 2.95 bits per heavy atom. The Hall–Kier alpha value is -1.77. The molecule has 0 spiro atoms. The van der Waals surface area contributed by atoms with Gasteiger partial charge in [-0.2, -0.15) is 15.4 Å². The Balaban J connectivity index is 1.73. The number of fused-ring (bicyclic) bond motifs is 1. The molecule has 8 heteroatoms. The number of hydrogen-bond acceptors (Lipinski definition) is 5. The number of carbonyl (C=O) groups is 1. The van der Waals surface area contributed by atoms with Crippen LogP contribution < -0.4 is 11.1 Å². The molecule has 0 bridgehead atoms. The van der Waals surface area contributed by atoms with Crippen molar-refractivity contribution in [1.29, 1.82) is 0 Å². The van der Waals surface area contributed by atoms with E-state index in [2.05, 4.69) is 36.7 Å². The van der Waals surface area contributed by atoms with Gasteiger partial charge in [0.05, 0.1) is 9.47 Å². The molecule has 0 fully saturated rings. The van der Waals surface area contributed by atoms with Crippen molar-refractivity contribution in [2.75, 3.05) is 11.9 Å². The van der Waals surface area contributed by atoms with Crippen molar-refractivity contribution in [3.63, 3.8) is 0 Å². The van der Waals surface area contributed by atoms with E-state index in [9.17, 15) is 4.79 Å². The molecule has 2 heterocycles. The van der Waals surface area contributed by atoms with Crippen molar-refractivity contribution < 1.29 is 4.79 Å².